The molecule has 1 aliphatic carbocycles. The molecule has 55 heavy (non-hydrogen) atoms. The number of hydrogen-bond acceptors (Lipinski definition) is 2. The van der Waals surface area contributed by atoms with Crippen LogP contribution in [0.25, 0.3) is 99.8 Å². The van der Waals surface area contributed by atoms with E-state index < -0.39 is 0 Å². The number of para-hydroxylation sites is 1. The summed E-state index contributed by atoms with van der Waals surface area (Å²) < 4.78 is 4.78. The lowest BCUT2D eigenvalue weighted by Gasteiger charge is -2.16. The molecule has 0 unspecified atom stereocenters. The number of rotatable bonds is 4. The molecule has 0 atom stereocenters. The molecule has 0 saturated carbocycles. The van der Waals surface area contributed by atoms with E-state index in [-0.39, 0.29) is 0 Å². The molecular weight excluding hydrogens is 669 g/mol. The van der Waals surface area contributed by atoms with Gasteiger partial charge in [0, 0.05) is 44.8 Å². The number of aromatic nitrogens is 4. The van der Waals surface area contributed by atoms with Gasteiger partial charge in [-0.2, -0.15) is 0 Å². The van der Waals surface area contributed by atoms with Crippen molar-refractivity contribution in [2.45, 2.75) is 6.42 Å². The molecule has 0 aliphatic heterocycles. The normalized spacial score (nSPS) is 12.3. The Balaban J connectivity index is 1.19. The molecule has 0 bridgehead atoms. The predicted octanol–water partition coefficient (Wildman–Crippen LogP) is 12.7. The van der Waals surface area contributed by atoms with E-state index in [9.17, 15) is 0 Å². The van der Waals surface area contributed by atoms with Crippen molar-refractivity contribution in [3.8, 4) is 50.8 Å². The molecule has 0 spiro atoms. The Hall–Kier alpha value is -7.30. The SMILES string of the molecule is c1ccc(-c2nc(-c3cccc(-n4c5ccccc5c5c6ccccc6c6c(c54)Cc4ccccc4-6)c3)n3c(-c4ccccc4)c4ccccc4c3n2)cc1. The van der Waals surface area contributed by atoms with Crippen molar-refractivity contribution in [3.05, 3.63) is 193 Å². The first kappa shape index (κ1) is 30.2. The highest BCUT2D eigenvalue weighted by atomic mass is 15.1. The van der Waals surface area contributed by atoms with Crippen LogP contribution >= 0.6 is 0 Å². The van der Waals surface area contributed by atoms with Crippen molar-refractivity contribution in [2.75, 3.05) is 0 Å². The van der Waals surface area contributed by atoms with E-state index in [2.05, 4.69) is 185 Å². The second-order valence-corrected chi connectivity index (χ2v) is 14.5. The Morgan fingerprint density at radius 1 is 0.473 bits per heavy atom. The maximum absolute atomic E-state index is 5.44. The number of hydrogen-bond donors (Lipinski definition) is 0. The molecule has 4 heteroatoms. The Labute approximate surface area is 317 Å². The van der Waals surface area contributed by atoms with Crippen molar-refractivity contribution in [1.29, 1.82) is 0 Å². The van der Waals surface area contributed by atoms with Crippen molar-refractivity contribution in [3.63, 3.8) is 0 Å². The third-order valence-corrected chi connectivity index (χ3v) is 11.5. The lowest BCUT2D eigenvalue weighted by molar-refractivity contribution is 1.05. The highest BCUT2D eigenvalue weighted by Crippen LogP contribution is 2.49. The van der Waals surface area contributed by atoms with Crippen LogP contribution in [0, 0.1) is 0 Å². The smallest absolute Gasteiger partial charge is 0.163 e. The van der Waals surface area contributed by atoms with Gasteiger partial charge in [-0.15, -0.1) is 0 Å². The fourth-order valence-electron chi connectivity index (χ4n) is 9.25. The van der Waals surface area contributed by atoms with E-state index in [0.717, 1.165) is 56.7 Å². The molecule has 256 valence electrons. The standard InChI is InChI=1S/C51H32N4/c1-3-16-32(17-4-1)47-40-26-11-12-27-41(40)51-53-49(33-18-5-2-6-19-33)52-50(55(47)51)35-21-15-22-36(30-35)54-44-29-14-13-28-42(44)46-39-25-10-9-24-38(39)45-37-23-8-7-20-34(37)31-43(45)48(46)54/h1-30H,31H2. The summed E-state index contributed by atoms with van der Waals surface area (Å²) in [6, 6.07) is 65.3. The largest absolute Gasteiger partial charge is 0.309 e. The second-order valence-electron chi connectivity index (χ2n) is 14.5. The van der Waals surface area contributed by atoms with Gasteiger partial charge in [-0.1, -0.05) is 164 Å². The molecule has 3 aromatic heterocycles. The predicted molar refractivity (Wildman–Crippen MR) is 227 cm³/mol. The molecule has 3 heterocycles. The van der Waals surface area contributed by atoms with Gasteiger partial charge in [0.1, 0.15) is 11.5 Å². The molecular formula is C51H32N4. The minimum atomic E-state index is 0.704. The zero-order chi connectivity index (χ0) is 36.0. The average Bonchev–Trinajstić information content (AvgIpc) is 3.93. The van der Waals surface area contributed by atoms with Crippen LogP contribution < -0.4 is 0 Å². The molecule has 8 aromatic carbocycles. The molecule has 0 amide bonds. The topological polar surface area (TPSA) is 35.1 Å². The van der Waals surface area contributed by atoms with Gasteiger partial charge >= 0.3 is 0 Å². The Morgan fingerprint density at radius 3 is 1.93 bits per heavy atom. The van der Waals surface area contributed by atoms with E-state index in [4.69, 9.17) is 9.97 Å². The summed E-state index contributed by atoms with van der Waals surface area (Å²) in [4.78, 5) is 10.7. The van der Waals surface area contributed by atoms with Crippen molar-refractivity contribution in [2.24, 2.45) is 0 Å². The highest BCUT2D eigenvalue weighted by molar-refractivity contribution is 6.26. The van der Waals surface area contributed by atoms with Crippen molar-refractivity contribution in [1.82, 2.24) is 18.9 Å². The maximum atomic E-state index is 5.44. The molecule has 0 saturated heterocycles. The van der Waals surface area contributed by atoms with Gasteiger partial charge in [0.05, 0.1) is 16.7 Å². The Bertz CT molecular complexity index is 3340. The Morgan fingerprint density at radius 2 is 1.11 bits per heavy atom. The summed E-state index contributed by atoms with van der Waals surface area (Å²) in [6.07, 6.45) is 0.895. The van der Waals surface area contributed by atoms with E-state index in [1.54, 1.807) is 0 Å². The summed E-state index contributed by atoms with van der Waals surface area (Å²) in [5, 5.41) is 7.42. The second kappa shape index (κ2) is 11.6. The van der Waals surface area contributed by atoms with Gasteiger partial charge in [0.2, 0.25) is 0 Å². The minimum absolute atomic E-state index is 0.704. The van der Waals surface area contributed by atoms with Crippen LogP contribution in [0.3, 0.4) is 0 Å². The quantitative estimate of drug-likeness (QED) is 0.183. The lowest BCUT2D eigenvalue weighted by Crippen LogP contribution is -2.04. The van der Waals surface area contributed by atoms with Crippen LogP contribution in [0.5, 0.6) is 0 Å². The minimum Gasteiger partial charge on any atom is -0.309 e. The summed E-state index contributed by atoms with van der Waals surface area (Å²) >= 11 is 0. The first-order valence-corrected chi connectivity index (χ1v) is 18.9. The molecule has 0 fully saturated rings. The van der Waals surface area contributed by atoms with Crippen LogP contribution in [-0.4, -0.2) is 18.9 Å². The first-order valence-electron chi connectivity index (χ1n) is 18.9. The Kier molecular flexibility index (Phi) is 6.37. The summed E-state index contributed by atoms with van der Waals surface area (Å²) in [5.41, 5.74) is 14.1. The van der Waals surface area contributed by atoms with E-state index >= 15 is 0 Å². The molecule has 1 aliphatic rings. The fourth-order valence-corrected chi connectivity index (χ4v) is 9.25. The number of nitrogens with zero attached hydrogens (tertiary/aromatic N) is 4. The van der Waals surface area contributed by atoms with Crippen molar-refractivity contribution >= 4 is 49.0 Å². The zero-order valence-corrected chi connectivity index (χ0v) is 29.8. The molecule has 0 N–H and O–H groups in total. The first-order chi connectivity index (χ1) is 27.3. The maximum Gasteiger partial charge on any atom is 0.163 e. The van der Waals surface area contributed by atoms with Crippen LogP contribution in [0.15, 0.2) is 182 Å². The van der Waals surface area contributed by atoms with Gasteiger partial charge in [-0.25, -0.2) is 9.97 Å². The lowest BCUT2D eigenvalue weighted by atomic mass is 9.94. The summed E-state index contributed by atoms with van der Waals surface area (Å²) in [5.74, 6) is 1.56. The van der Waals surface area contributed by atoms with Crippen LogP contribution in [-0.2, 0) is 6.42 Å². The fraction of sp³-hybridized carbons (Fsp3) is 0.0196. The van der Waals surface area contributed by atoms with Gasteiger partial charge in [0.25, 0.3) is 0 Å². The van der Waals surface area contributed by atoms with Gasteiger partial charge < -0.3 is 4.57 Å². The summed E-state index contributed by atoms with van der Waals surface area (Å²) in [6.45, 7) is 0. The average molecular weight is 701 g/mol. The third-order valence-electron chi connectivity index (χ3n) is 11.5. The number of benzene rings is 8. The molecule has 11 aromatic rings. The van der Waals surface area contributed by atoms with Crippen molar-refractivity contribution < 1.29 is 0 Å². The van der Waals surface area contributed by atoms with E-state index in [1.165, 1.54) is 54.8 Å². The highest BCUT2D eigenvalue weighted by Gasteiger charge is 2.28. The van der Waals surface area contributed by atoms with E-state index in [0.29, 0.717) is 5.82 Å². The van der Waals surface area contributed by atoms with Crippen LogP contribution in [0.2, 0.25) is 0 Å². The molecule has 12 rings (SSSR count). The zero-order valence-electron chi connectivity index (χ0n) is 29.8. The molecule has 0 radical (unpaired) electrons. The van der Waals surface area contributed by atoms with Crippen LogP contribution in [0.4, 0.5) is 0 Å². The van der Waals surface area contributed by atoms with Gasteiger partial charge in [-0.05, 0) is 56.8 Å². The third kappa shape index (κ3) is 4.34. The van der Waals surface area contributed by atoms with Crippen LogP contribution in [0.1, 0.15) is 11.1 Å². The number of fused-ring (bicyclic) bond motifs is 13. The summed E-state index contributed by atoms with van der Waals surface area (Å²) in [7, 11) is 0. The monoisotopic (exact) mass is 700 g/mol. The van der Waals surface area contributed by atoms with Gasteiger partial charge in [0.15, 0.2) is 5.82 Å². The molecule has 4 nitrogen and oxygen atoms in total. The van der Waals surface area contributed by atoms with E-state index in [1.807, 2.05) is 6.07 Å². The van der Waals surface area contributed by atoms with Gasteiger partial charge in [-0.3, -0.25) is 4.40 Å².